The van der Waals surface area contributed by atoms with E-state index in [0.29, 0.717) is 17.5 Å². The molecule has 0 aliphatic carbocycles. The maximum absolute atomic E-state index is 11.6. The van der Waals surface area contributed by atoms with Crippen molar-refractivity contribution in [1.82, 2.24) is 0 Å². The Morgan fingerprint density at radius 3 is 2.89 bits per heavy atom. The number of unbranched alkanes of at least 4 members (excludes halogenated alkanes) is 2. The third kappa shape index (κ3) is 2.70. The van der Waals surface area contributed by atoms with Gasteiger partial charge in [-0.25, -0.2) is 4.79 Å². The number of rotatable bonds is 5. The van der Waals surface area contributed by atoms with Gasteiger partial charge < -0.3 is 9.47 Å². The maximum atomic E-state index is 11.6. The lowest BCUT2D eigenvalue weighted by molar-refractivity contribution is -0.167. The lowest BCUT2D eigenvalue weighted by Gasteiger charge is -2.11. The normalized spacial score (nSPS) is 17.2. The minimum absolute atomic E-state index is 0.321. The summed E-state index contributed by atoms with van der Waals surface area (Å²) in [5.74, 6) is -0.755. The zero-order valence-corrected chi connectivity index (χ0v) is 10.3. The summed E-state index contributed by atoms with van der Waals surface area (Å²) in [6.45, 7) is 2.07. The lowest BCUT2D eigenvalue weighted by atomic mass is 10.1. The fraction of sp³-hybridized carbons (Fsp3) is 0.429. The fourth-order valence-corrected chi connectivity index (χ4v) is 1.90. The molecule has 0 saturated carbocycles. The van der Waals surface area contributed by atoms with Gasteiger partial charge in [0.15, 0.2) is 0 Å². The molecular formula is C14H16O4. The zero-order valence-electron chi connectivity index (χ0n) is 10.3. The van der Waals surface area contributed by atoms with Crippen molar-refractivity contribution in [1.29, 1.82) is 0 Å². The first-order chi connectivity index (χ1) is 8.72. The third-order valence-corrected chi connectivity index (χ3v) is 2.87. The van der Waals surface area contributed by atoms with E-state index in [-0.39, 0.29) is 5.97 Å². The molecule has 0 fully saturated rings. The predicted molar refractivity (Wildman–Crippen MR) is 64.8 cm³/mol. The summed E-state index contributed by atoms with van der Waals surface area (Å²) in [5.41, 5.74) is 1.11. The highest BCUT2D eigenvalue weighted by Crippen LogP contribution is 2.31. The molecule has 1 aromatic carbocycles. The van der Waals surface area contributed by atoms with Crippen LogP contribution < -0.4 is 0 Å². The van der Waals surface area contributed by atoms with Crippen LogP contribution in [0.25, 0.3) is 0 Å². The largest absolute Gasteiger partial charge is 0.421 e. The summed E-state index contributed by atoms with van der Waals surface area (Å²) in [6.07, 6.45) is 2.34. The average molecular weight is 248 g/mol. The van der Waals surface area contributed by atoms with E-state index >= 15 is 0 Å². The second kappa shape index (κ2) is 5.67. The van der Waals surface area contributed by atoms with Gasteiger partial charge in [0.05, 0.1) is 5.56 Å². The topological polar surface area (TPSA) is 52.6 Å². The zero-order chi connectivity index (χ0) is 13.0. The number of hydrogen-bond acceptors (Lipinski definition) is 4. The van der Waals surface area contributed by atoms with Crippen LogP contribution in [0, 0.1) is 0 Å². The molecule has 0 saturated heterocycles. The van der Waals surface area contributed by atoms with Gasteiger partial charge in [-0.3, -0.25) is 4.79 Å². The van der Waals surface area contributed by atoms with E-state index in [2.05, 4.69) is 6.92 Å². The van der Waals surface area contributed by atoms with Crippen molar-refractivity contribution in [2.45, 2.75) is 38.9 Å². The Balaban J connectivity index is 1.96. The summed E-state index contributed by atoms with van der Waals surface area (Å²) < 4.78 is 10.2. The standard InChI is InChI=1S/C14H16O4/c1-2-3-4-9-12(15)17-14-11-8-6-5-7-10(11)13(16)18-14/h5-8,14H,2-4,9H2,1H3/t14-/m0/s1. The molecule has 2 rings (SSSR count). The van der Waals surface area contributed by atoms with Crippen molar-refractivity contribution in [2.75, 3.05) is 0 Å². The SMILES string of the molecule is CCCCCC(=O)O[C@H]1OC(=O)c2ccccc21. The molecule has 1 atom stereocenters. The van der Waals surface area contributed by atoms with Gasteiger partial charge in [-0.15, -0.1) is 0 Å². The number of carbonyl (C=O) groups is 2. The number of fused-ring (bicyclic) bond motifs is 1. The first-order valence-corrected chi connectivity index (χ1v) is 6.21. The number of cyclic esters (lactones) is 1. The van der Waals surface area contributed by atoms with Gasteiger partial charge in [-0.05, 0) is 12.5 Å². The molecule has 4 nitrogen and oxygen atoms in total. The van der Waals surface area contributed by atoms with Crippen LogP contribution in [0.4, 0.5) is 0 Å². The van der Waals surface area contributed by atoms with Crippen molar-refractivity contribution >= 4 is 11.9 Å². The van der Waals surface area contributed by atoms with Crippen LogP contribution in [0.3, 0.4) is 0 Å². The molecule has 1 aliphatic rings. The predicted octanol–water partition coefficient (Wildman–Crippen LogP) is 2.98. The van der Waals surface area contributed by atoms with E-state index in [0.717, 1.165) is 19.3 Å². The van der Waals surface area contributed by atoms with Crippen LogP contribution in [-0.4, -0.2) is 11.9 Å². The molecule has 0 N–H and O–H groups in total. The maximum Gasteiger partial charge on any atom is 0.342 e. The highest BCUT2D eigenvalue weighted by Gasteiger charge is 2.33. The summed E-state index contributed by atoms with van der Waals surface area (Å²) in [4.78, 5) is 23.1. The third-order valence-electron chi connectivity index (χ3n) is 2.87. The smallest absolute Gasteiger partial charge is 0.342 e. The number of esters is 2. The first kappa shape index (κ1) is 12.6. The van der Waals surface area contributed by atoms with Crippen molar-refractivity contribution < 1.29 is 19.1 Å². The van der Waals surface area contributed by atoms with Crippen LogP contribution in [0.5, 0.6) is 0 Å². The summed E-state index contributed by atoms with van der Waals surface area (Å²) in [6, 6.07) is 6.96. The van der Waals surface area contributed by atoms with Crippen LogP contribution in [-0.2, 0) is 14.3 Å². The Hall–Kier alpha value is -1.84. The van der Waals surface area contributed by atoms with Crippen LogP contribution in [0.2, 0.25) is 0 Å². The van der Waals surface area contributed by atoms with Gasteiger partial charge in [0.25, 0.3) is 6.29 Å². The van der Waals surface area contributed by atoms with Gasteiger partial charge in [0.1, 0.15) is 0 Å². The molecule has 0 radical (unpaired) electrons. The average Bonchev–Trinajstić information content (AvgIpc) is 2.67. The van der Waals surface area contributed by atoms with Crippen molar-refractivity contribution in [2.24, 2.45) is 0 Å². The Morgan fingerprint density at radius 1 is 1.33 bits per heavy atom. The summed E-state index contributed by atoms with van der Waals surface area (Å²) in [7, 11) is 0. The van der Waals surface area contributed by atoms with Gasteiger partial charge in [-0.2, -0.15) is 0 Å². The molecule has 4 heteroatoms. The Labute approximate surface area is 106 Å². The minimum Gasteiger partial charge on any atom is -0.421 e. The van der Waals surface area contributed by atoms with Crippen LogP contribution in [0.1, 0.15) is 54.8 Å². The van der Waals surface area contributed by atoms with E-state index < -0.39 is 12.3 Å². The molecule has 0 bridgehead atoms. The summed E-state index contributed by atoms with van der Waals surface area (Å²) >= 11 is 0. The highest BCUT2D eigenvalue weighted by atomic mass is 16.7. The Bertz CT molecular complexity index is 453. The Kier molecular flexibility index (Phi) is 3.97. The number of hydrogen-bond donors (Lipinski definition) is 0. The highest BCUT2D eigenvalue weighted by molar-refractivity contribution is 5.94. The van der Waals surface area contributed by atoms with E-state index in [1.807, 2.05) is 0 Å². The number of carbonyl (C=O) groups excluding carboxylic acids is 2. The van der Waals surface area contributed by atoms with E-state index in [1.165, 1.54) is 0 Å². The van der Waals surface area contributed by atoms with E-state index in [9.17, 15) is 9.59 Å². The van der Waals surface area contributed by atoms with Crippen molar-refractivity contribution in [3.63, 3.8) is 0 Å². The quantitative estimate of drug-likeness (QED) is 0.593. The molecule has 0 unspecified atom stereocenters. The van der Waals surface area contributed by atoms with E-state index in [4.69, 9.17) is 9.47 Å². The van der Waals surface area contributed by atoms with Crippen molar-refractivity contribution in [3.05, 3.63) is 35.4 Å². The molecule has 0 spiro atoms. The van der Waals surface area contributed by atoms with Gasteiger partial charge in [0, 0.05) is 12.0 Å². The first-order valence-electron chi connectivity index (χ1n) is 6.21. The van der Waals surface area contributed by atoms with Gasteiger partial charge in [0.2, 0.25) is 0 Å². The molecule has 0 amide bonds. The van der Waals surface area contributed by atoms with E-state index in [1.54, 1.807) is 24.3 Å². The minimum atomic E-state index is -0.872. The monoisotopic (exact) mass is 248 g/mol. The molecule has 0 aromatic heterocycles. The number of ether oxygens (including phenoxy) is 2. The lowest BCUT2D eigenvalue weighted by Crippen LogP contribution is -2.11. The van der Waals surface area contributed by atoms with Gasteiger partial charge >= 0.3 is 11.9 Å². The fourth-order valence-electron chi connectivity index (χ4n) is 1.90. The molecular weight excluding hydrogens is 232 g/mol. The molecule has 1 heterocycles. The summed E-state index contributed by atoms with van der Waals surface area (Å²) in [5, 5.41) is 0. The molecule has 96 valence electrons. The molecule has 1 aliphatic heterocycles. The van der Waals surface area contributed by atoms with Crippen LogP contribution in [0.15, 0.2) is 24.3 Å². The van der Waals surface area contributed by atoms with Crippen LogP contribution >= 0.6 is 0 Å². The number of benzene rings is 1. The van der Waals surface area contributed by atoms with Gasteiger partial charge in [-0.1, -0.05) is 38.0 Å². The molecule has 18 heavy (non-hydrogen) atoms. The van der Waals surface area contributed by atoms with Crippen molar-refractivity contribution in [3.8, 4) is 0 Å². The second-order valence-electron chi connectivity index (χ2n) is 4.27. The second-order valence-corrected chi connectivity index (χ2v) is 4.27. The Morgan fingerprint density at radius 2 is 2.11 bits per heavy atom. The molecule has 1 aromatic rings.